The molecule has 0 aliphatic rings. The number of anilines is 2. The summed E-state index contributed by atoms with van der Waals surface area (Å²) in [7, 11) is 0. The van der Waals surface area contributed by atoms with Crippen LogP contribution in [-0.2, 0) is 9.59 Å². The van der Waals surface area contributed by atoms with E-state index in [2.05, 4.69) is 10.6 Å². The van der Waals surface area contributed by atoms with Gasteiger partial charge in [0.15, 0.2) is 11.5 Å². The molecule has 30 heavy (non-hydrogen) atoms. The molecule has 0 spiro atoms. The fourth-order valence-corrected chi connectivity index (χ4v) is 3.09. The van der Waals surface area contributed by atoms with E-state index in [0.29, 0.717) is 23.0 Å². The highest BCUT2D eigenvalue weighted by molar-refractivity contribution is 5.89. The Morgan fingerprint density at radius 3 is 1.20 bits per heavy atom. The molecule has 0 saturated heterocycles. The molecule has 0 aliphatic heterocycles. The second-order valence-electron chi connectivity index (χ2n) is 6.84. The monoisotopic (exact) mass is 400 g/mol. The van der Waals surface area contributed by atoms with E-state index in [1.807, 2.05) is 72.8 Å². The highest BCUT2D eigenvalue weighted by Gasteiger charge is 2.12. The fraction of sp³-hybridized carbons (Fsp3) is 0.0833. The maximum atomic E-state index is 11.1. The third-order valence-electron chi connectivity index (χ3n) is 4.43. The number of hydrogen-bond donors (Lipinski definition) is 2. The lowest BCUT2D eigenvalue weighted by Gasteiger charge is -2.03. The van der Waals surface area contributed by atoms with E-state index < -0.39 is 0 Å². The van der Waals surface area contributed by atoms with Gasteiger partial charge in [-0.15, -0.1) is 0 Å². The van der Waals surface area contributed by atoms with Crippen LogP contribution in [0.4, 0.5) is 11.4 Å². The summed E-state index contributed by atoms with van der Waals surface area (Å²) in [6.07, 6.45) is 0. The molecule has 2 aromatic heterocycles. The number of benzene rings is 2. The van der Waals surface area contributed by atoms with Crippen molar-refractivity contribution in [3.63, 3.8) is 0 Å². The standard InChI is InChI=1S/C24H20N2O4/c1-15(27)25-19-7-3-17(4-8-19)21-11-13-23(29-21)24-14-12-22(30-24)18-5-9-20(10-6-18)26-16(2)28/h3-14H,1-2H3,(H,25,27)(H,26,28). The van der Waals surface area contributed by atoms with Crippen molar-refractivity contribution in [3.05, 3.63) is 72.8 Å². The first kappa shape index (κ1) is 19.3. The Labute approximate surface area is 173 Å². The Bertz CT molecular complexity index is 1090. The van der Waals surface area contributed by atoms with E-state index in [1.165, 1.54) is 13.8 Å². The van der Waals surface area contributed by atoms with Crippen molar-refractivity contribution in [2.24, 2.45) is 0 Å². The van der Waals surface area contributed by atoms with Crippen LogP contribution >= 0.6 is 0 Å². The first-order valence-electron chi connectivity index (χ1n) is 9.44. The Morgan fingerprint density at radius 1 is 0.533 bits per heavy atom. The van der Waals surface area contributed by atoms with Crippen LogP contribution in [-0.4, -0.2) is 11.8 Å². The molecule has 2 amide bonds. The minimum absolute atomic E-state index is 0.110. The van der Waals surface area contributed by atoms with Crippen molar-refractivity contribution in [2.75, 3.05) is 10.6 Å². The van der Waals surface area contributed by atoms with Crippen molar-refractivity contribution >= 4 is 23.2 Å². The molecule has 4 aromatic rings. The highest BCUT2D eigenvalue weighted by atomic mass is 16.4. The fourth-order valence-electron chi connectivity index (χ4n) is 3.09. The van der Waals surface area contributed by atoms with Gasteiger partial charge in [-0.05, 0) is 72.8 Å². The van der Waals surface area contributed by atoms with Gasteiger partial charge in [0.2, 0.25) is 11.8 Å². The second kappa shape index (κ2) is 8.13. The van der Waals surface area contributed by atoms with Gasteiger partial charge in [-0.2, -0.15) is 0 Å². The van der Waals surface area contributed by atoms with E-state index in [0.717, 1.165) is 22.5 Å². The van der Waals surface area contributed by atoms with Crippen LogP contribution < -0.4 is 10.6 Å². The largest absolute Gasteiger partial charge is 0.453 e. The molecular formula is C24H20N2O4. The highest BCUT2D eigenvalue weighted by Crippen LogP contribution is 2.33. The Hall–Kier alpha value is -4.06. The van der Waals surface area contributed by atoms with Gasteiger partial charge >= 0.3 is 0 Å². The number of carbonyl (C=O) groups excluding carboxylic acids is 2. The van der Waals surface area contributed by atoms with Crippen molar-refractivity contribution in [1.82, 2.24) is 0 Å². The first-order valence-corrected chi connectivity index (χ1v) is 9.44. The number of hydrogen-bond acceptors (Lipinski definition) is 4. The summed E-state index contributed by atoms with van der Waals surface area (Å²) < 4.78 is 11.9. The Kier molecular flexibility index (Phi) is 5.22. The maximum Gasteiger partial charge on any atom is 0.221 e. The van der Waals surface area contributed by atoms with Crippen LogP contribution in [0.1, 0.15) is 13.8 Å². The minimum Gasteiger partial charge on any atom is -0.453 e. The molecule has 2 heterocycles. The van der Waals surface area contributed by atoms with E-state index in [9.17, 15) is 9.59 Å². The lowest BCUT2D eigenvalue weighted by Crippen LogP contribution is -2.05. The number of nitrogens with one attached hydrogen (secondary N) is 2. The summed E-state index contributed by atoms with van der Waals surface area (Å²) in [6.45, 7) is 2.95. The number of rotatable bonds is 5. The van der Waals surface area contributed by atoms with Gasteiger partial charge in [-0.1, -0.05) is 0 Å². The summed E-state index contributed by atoms with van der Waals surface area (Å²) in [5.41, 5.74) is 3.27. The van der Waals surface area contributed by atoms with Crippen molar-refractivity contribution in [2.45, 2.75) is 13.8 Å². The molecule has 6 nitrogen and oxygen atoms in total. The SMILES string of the molecule is CC(=O)Nc1ccc(-c2ccc(-c3ccc(-c4ccc(NC(C)=O)cc4)o3)o2)cc1. The summed E-state index contributed by atoms with van der Waals surface area (Å²) in [4.78, 5) is 22.3. The predicted octanol–water partition coefficient (Wildman–Crippen LogP) is 5.79. The molecular weight excluding hydrogens is 380 g/mol. The third kappa shape index (κ3) is 4.33. The van der Waals surface area contributed by atoms with Gasteiger partial charge in [0.05, 0.1) is 0 Å². The summed E-state index contributed by atoms with van der Waals surface area (Å²) >= 11 is 0. The van der Waals surface area contributed by atoms with Gasteiger partial charge < -0.3 is 19.5 Å². The van der Waals surface area contributed by atoms with Crippen LogP contribution in [0.5, 0.6) is 0 Å². The molecule has 0 unspecified atom stereocenters. The van der Waals surface area contributed by atoms with Gasteiger partial charge in [0.1, 0.15) is 11.5 Å². The average molecular weight is 400 g/mol. The average Bonchev–Trinajstić information content (AvgIpc) is 3.38. The van der Waals surface area contributed by atoms with Gasteiger partial charge in [-0.3, -0.25) is 9.59 Å². The van der Waals surface area contributed by atoms with Crippen LogP contribution in [0.3, 0.4) is 0 Å². The molecule has 0 atom stereocenters. The van der Waals surface area contributed by atoms with Crippen LogP contribution in [0.2, 0.25) is 0 Å². The van der Waals surface area contributed by atoms with Crippen LogP contribution in [0.15, 0.2) is 81.6 Å². The second-order valence-corrected chi connectivity index (χ2v) is 6.84. The summed E-state index contributed by atoms with van der Waals surface area (Å²) in [6, 6.07) is 22.3. The minimum atomic E-state index is -0.110. The van der Waals surface area contributed by atoms with Gasteiger partial charge in [-0.25, -0.2) is 0 Å². The molecule has 4 rings (SSSR count). The maximum absolute atomic E-state index is 11.1. The molecule has 0 aliphatic carbocycles. The Morgan fingerprint density at radius 2 is 0.867 bits per heavy atom. The topological polar surface area (TPSA) is 84.5 Å². The lowest BCUT2D eigenvalue weighted by molar-refractivity contribution is -0.115. The Balaban J connectivity index is 1.51. The van der Waals surface area contributed by atoms with Crippen molar-refractivity contribution in [1.29, 1.82) is 0 Å². The normalized spacial score (nSPS) is 10.6. The summed E-state index contributed by atoms with van der Waals surface area (Å²) in [5.74, 6) is 2.44. The molecule has 0 bridgehead atoms. The predicted molar refractivity (Wildman–Crippen MR) is 116 cm³/mol. The van der Waals surface area contributed by atoms with E-state index in [4.69, 9.17) is 8.83 Å². The first-order chi connectivity index (χ1) is 14.5. The van der Waals surface area contributed by atoms with Gasteiger partial charge in [0.25, 0.3) is 0 Å². The number of carbonyl (C=O) groups is 2. The smallest absolute Gasteiger partial charge is 0.221 e. The van der Waals surface area contributed by atoms with E-state index in [1.54, 1.807) is 0 Å². The van der Waals surface area contributed by atoms with E-state index >= 15 is 0 Å². The van der Waals surface area contributed by atoms with Crippen molar-refractivity contribution in [3.8, 4) is 34.2 Å². The summed E-state index contributed by atoms with van der Waals surface area (Å²) in [5, 5.41) is 5.48. The zero-order valence-electron chi connectivity index (χ0n) is 16.6. The number of amides is 2. The quantitative estimate of drug-likeness (QED) is 0.444. The molecule has 150 valence electrons. The van der Waals surface area contributed by atoms with Crippen LogP contribution in [0, 0.1) is 0 Å². The number of furan rings is 2. The zero-order chi connectivity index (χ0) is 21.1. The van der Waals surface area contributed by atoms with E-state index in [-0.39, 0.29) is 11.8 Å². The molecule has 2 aromatic carbocycles. The lowest BCUT2D eigenvalue weighted by atomic mass is 10.1. The van der Waals surface area contributed by atoms with Crippen molar-refractivity contribution < 1.29 is 18.4 Å². The molecule has 0 radical (unpaired) electrons. The van der Waals surface area contributed by atoms with Gasteiger partial charge in [0, 0.05) is 36.3 Å². The van der Waals surface area contributed by atoms with Crippen LogP contribution in [0.25, 0.3) is 34.2 Å². The molecule has 2 N–H and O–H groups in total. The zero-order valence-corrected chi connectivity index (χ0v) is 16.6. The molecule has 6 heteroatoms. The molecule has 0 fully saturated rings. The molecule has 0 saturated carbocycles. The third-order valence-corrected chi connectivity index (χ3v) is 4.43.